The lowest BCUT2D eigenvalue weighted by Gasteiger charge is -2.03. The van der Waals surface area contributed by atoms with Crippen molar-refractivity contribution in [1.82, 2.24) is 14.4 Å². The Labute approximate surface area is 85.0 Å². The number of halogens is 1. The third-order valence-electron chi connectivity index (χ3n) is 2.01. The van der Waals surface area contributed by atoms with Gasteiger partial charge in [-0.2, -0.15) is 0 Å². The van der Waals surface area contributed by atoms with E-state index in [1.807, 2.05) is 12.4 Å². The average molecular weight is 240 g/mol. The number of hydrogen-bond acceptors (Lipinski definition) is 2. The molecule has 4 heteroatoms. The van der Waals surface area contributed by atoms with E-state index in [4.69, 9.17) is 0 Å². The molecule has 0 aliphatic heterocycles. The van der Waals surface area contributed by atoms with Gasteiger partial charge < -0.3 is 4.40 Å². The first-order valence-electron chi connectivity index (χ1n) is 4.17. The quantitative estimate of drug-likeness (QED) is 0.766. The normalized spacial score (nSPS) is 11.4. The number of nitrogens with zero attached hydrogens (tertiary/aromatic N) is 3. The van der Waals surface area contributed by atoms with Crippen LogP contribution in [0.3, 0.4) is 0 Å². The SMILES string of the molecule is CC(C)c1cnc2c(Br)nccn12. The zero-order valence-electron chi connectivity index (χ0n) is 7.53. The minimum atomic E-state index is 0.476. The van der Waals surface area contributed by atoms with Crippen LogP contribution in [0.15, 0.2) is 23.2 Å². The van der Waals surface area contributed by atoms with Gasteiger partial charge >= 0.3 is 0 Å². The van der Waals surface area contributed by atoms with Gasteiger partial charge in [-0.15, -0.1) is 0 Å². The Balaban J connectivity index is 2.75. The van der Waals surface area contributed by atoms with Crippen LogP contribution in [0.5, 0.6) is 0 Å². The van der Waals surface area contributed by atoms with Gasteiger partial charge in [0.15, 0.2) is 5.65 Å². The minimum Gasteiger partial charge on any atom is -0.300 e. The summed E-state index contributed by atoms with van der Waals surface area (Å²) < 4.78 is 2.85. The Morgan fingerprint density at radius 1 is 1.38 bits per heavy atom. The first-order chi connectivity index (χ1) is 6.20. The summed E-state index contributed by atoms with van der Waals surface area (Å²) in [5.41, 5.74) is 2.09. The van der Waals surface area contributed by atoms with Gasteiger partial charge in [-0.1, -0.05) is 13.8 Å². The first kappa shape index (κ1) is 8.69. The maximum Gasteiger partial charge on any atom is 0.170 e. The van der Waals surface area contributed by atoms with Gasteiger partial charge in [-0.05, 0) is 21.8 Å². The van der Waals surface area contributed by atoms with E-state index in [0.29, 0.717) is 5.92 Å². The minimum absolute atomic E-state index is 0.476. The van der Waals surface area contributed by atoms with Crippen molar-refractivity contribution in [2.75, 3.05) is 0 Å². The summed E-state index contributed by atoms with van der Waals surface area (Å²) in [6, 6.07) is 0. The third kappa shape index (κ3) is 1.35. The van der Waals surface area contributed by atoms with Crippen molar-refractivity contribution in [2.45, 2.75) is 19.8 Å². The number of rotatable bonds is 1. The molecule has 0 saturated heterocycles. The standard InChI is InChI=1S/C9H10BrN3/c1-6(2)7-5-12-9-8(10)11-3-4-13(7)9/h3-6H,1-2H3. The van der Waals surface area contributed by atoms with E-state index in [-0.39, 0.29) is 0 Å². The van der Waals surface area contributed by atoms with Crippen LogP contribution in [-0.4, -0.2) is 14.4 Å². The van der Waals surface area contributed by atoms with Crippen LogP contribution in [0.1, 0.15) is 25.5 Å². The zero-order chi connectivity index (χ0) is 9.42. The van der Waals surface area contributed by atoms with E-state index in [1.54, 1.807) is 6.20 Å². The summed E-state index contributed by atoms with van der Waals surface area (Å²) in [4.78, 5) is 8.41. The highest BCUT2D eigenvalue weighted by Gasteiger charge is 2.08. The highest BCUT2D eigenvalue weighted by atomic mass is 79.9. The summed E-state index contributed by atoms with van der Waals surface area (Å²) in [6.07, 6.45) is 5.60. The molecule has 13 heavy (non-hydrogen) atoms. The largest absolute Gasteiger partial charge is 0.300 e. The molecule has 0 fully saturated rings. The molecule has 0 amide bonds. The molecule has 2 rings (SSSR count). The summed E-state index contributed by atoms with van der Waals surface area (Å²) in [5, 5.41) is 0. The summed E-state index contributed by atoms with van der Waals surface area (Å²) in [5.74, 6) is 0.476. The second-order valence-corrected chi connectivity index (χ2v) is 4.00. The van der Waals surface area contributed by atoms with Gasteiger partial charge in [0.25, 0.3) is 0 Å². The van der Waals surface area contributed by atoms with E-state index in [2.05, 4.69) is 44.1 Å². The monoisotopic (exact) mass is 239 g/mol. The molecular weight excluding hydrogens is 230 g/mol. The smallest absolute Gasteiger partial charge is 0.170 e. The molecule has 3 nitrogen and oxygen atoms in total. The topological polar surface area (TPSA) is 30.2 Å². The van der Waals surface area contributed by atoms with Gasteiger partial charge in [0.2, 0.25) is 0 Å². The van der Waals surface area contributed by atoms with Crippen LogP contribution in [0, 0.1) is 0 Å². The molecule has 2 aromatic heterocycles. The average Bonchev–Trinajstić information content (AvgIpc) is 2.48. The van der Waals surface area contributed by atoms with E-state index < -0.39 is 0 Å². The fourth-order valence-corrected chi connectivity index (χ4v) is 1.75. The predicted octanol–water partition coefficient (Wildman–Crippen LogP) is 2.62. The van der Waals surface area contributed by atoms with Gasteiger partial charge in [0.1, 0.15) is 4.60 Å². The number of hydrogen-bond donors (Lipinski definition) is 0. The molecule has 0 radical (unpaired) electrons. The van der Waals surface area contributed by atoms with Crippen LogP contribution < -0.4 is 0 Å². The molecule has 0 spiro atoms. The van der Waals surface area contributed by atoms with Crippen LogP contribution in [0.4, 0.5) is 0 Å². The third-order valence-corrected chi connectivity index (χ3v) is 2.56. The second-order valence-electron chi connectivity index (χ2n) is 3.25. The lowest BCUT2D eigenvalue weighted by Crippen LogP contribution is -1.95. The predicted molar refractivity (Wildman–Crippen MR) is 54.8 cm³/mol. The van der Waals surface area contributed by atoms with Gasteiger partial charge in [-0.3, -0.25) is 0 Å². The fourth-order valence-electron chi connectivity index (χ4n) is 1.33. The molecule has 2 aromatic rings. The number of fused-ring (bicyclic) bond motifs is 1. The molecule has 0 bridgehead atoms. The van der Waals surface area contributed by atoms with Gasteiger partial charge in [0, 0.05) is 24.3 Å². The van der Waals surface area contributed by atoms with Crippen LogP contribution in [0.25, 0.3) is 5.65 Å². The molecule has 2 heterocycles. The van der Waals surface area contributed by atoms with Crippen molar-refractivity contribution < 1.29 is 0 Å². The van der Waals surface area contributed by atoms with E-state index in [1.165, 1.54) is 5.69 Å². The van der Waals surface area contributed by atoms with Crippen molar-refractivity contribution >= 4 is 21.6 Å². The Morgan fingerprint density at radius 2 is 2.15 bits per heavy atom. The molecule has 0 unspecified atom stereocenters. The van der Waals surface area contributed by atoms with E-state index in [9.17, 15) is 0 Å². The van der Waals surface area contributed by atoms with Crippen LogP contribution >= 0.6 is 15.9 Å². The van der Waals surface area contributed by atoms with Crippen molar-refractivity contribution in [2.24, 2.45) is 0 Å². The highest BCUT2D eigenvalue weighted by Crippen LogP contribution is 2.19. The Morgan fingerprint density at radius 3 is 2.85 bits per heavy atom. The molecule has 68 valence electrons. The highest BCUT2D eigenvalue weighted by molar-refractivity contribution is 9.10. The molecular formula is C9H10BrN3. The van der Waals surface area contributed by atoms with Crippen molar-refractivity contribution in [3.63, 3.8) is 0 Å². The van der Waals surface area contributed by atoms with Gasteiger partial charge in [0.05, 0.1) is 0 Å². The molecule has 0 aliphatic carbocycles. The fraction of sp³-hybridized carbons (Fsp3) is 0.333. The van der Waals surface area contributed by atoms with Crippen molar-refractivity contribution in [1.29, 1.82) is 0 Å². The summed E-state index contributed by atoms with van der Waals surface area (Å²) in [7, 11) is 0. The Bertz CT molecular complexity index is 433. The van der Waals surface area contributed by atoms with E-state index in [0.717, 1.165) is 10.3 Å². The van der Waals surface area contributed by atoms with Crippen LogP contribution in [0.2, 0.25) is 0 Å². The maximum atomic E-state index is 4.29. The zero-order valence-corrected chi connectivity index (χ0v) is 9.12. The van der Waals surface area contributed by atoms with E-state index >= 15 is 0 Å². The molecule has 0 aliphatic rings. The maximum absolute atomic E-state index is 4.29. The van der Waals surface area contributed by atoms with Crippen molar-refractivity contribution in [3.05, 3.63) is 28.9 Å². The van der Waals surface area contributed by atoms with Crippen LogP contribution in [-0.2, 0) is 0 Å². The van der Waals surface area contributed by atoms with Crippen molar-refractivity contribution in [3.8, 4) is 0 Å². The molecule has 0 N–H and O–H groups in total. The molecule has 0 aromatic carbocycles. The molecule has 0 atom stereocenters. The number of aromatic nitrogens is 3. The summed E-state index contributed by atoms with van der Waals surface area (Å²) in [6.45, 7) is 4.30. The second kappa shape index (κ2) is 3.10. The lowest BCUT2D eigenvalue weighted by molar-refractivity contribution is 0.806. The Kier molecular flexibility index (Phi) is 2.07. The summed E-state index contributed by atoms with van der Waals surface area (Å²) >= 11 is 3.36. The first-order valence-corrected chi connectivity index (χ1v) is 4.97. The number of imidazole rings is 1. The Hall–Kier alpha value is -0.900. The molecule has 0 saturated carbocycles. The van der Waals surface area contributed by atoms with Gasteiger partial charge in [-0.25, -0.2) is 9.97 Å². The lowest BCUT2D eigenvalue weighted by atomic mass is 10.1.